The van der Waals surface area contributed by atoms with E-state index in [4.69, 9.17) is 17.0 Å². The van der Waals surface area contributed by atoms with E-state index in [9.17, 15) is 19.2 Å². The Bertz CT molecular complexity index is 706. The van der Waals surface area contributed by atoms with Crippen molar-refractivity contribution in [2.45, 2.75) is 33.1 Å². The molecule has 0 aromatic heterocycles. The number of nitrogens with one attached hydrogen (secondary N) is 4. The van der Waals surface area contributed by atoms with Crippen LogP contribution in [-0.4, -0.2) is 35.4 Å². The number of esters is 1. The average molecular weight is 394 g/mol. The summed E-state index contributed by atoms with van der Waals surface area (Å²) in [4.78, 5) is 45.9. The van der Waals surface area contributed by atoms with Crippen molar-refractivity contribution in [2.24, 2.45) is 0 Å². The molecule has 9 nitrogen and oxygen atoms in total. The van der Waals surface area contributed by atoms with Gasteiger partial charge in [-0.2, -0.15) is 0 Å². The molecule has 0 atom stereocenters. The van der Waals surface area contributed by atoms with Gasteiger partial charge in [-0.1, -0.05) is 6.92 Å². The van der Waals surface area contributed by atoms with E-state index in [1.54, 1.807) is 12.1 Å². The number of benzene rings is 1. The fourth-order valence-corrected chi connectivity index (χ4v) is 1.98. The fraction of sp³-hybridized carbons (Fsp3) is 0.353. The second-order valence-corrected chi connectivity index (χ2v) is 5.84. The van der Waals surface area contributed by atoms with Gasteiger partial charge in [-0.25, -0.2) is 0 Å². The SMILES string of the molecule is CCCOC(=O)CCC(=O)NC(=S)NNC(=O)c1ccc(NC(C)=O)cc1. The van der Waals surface area contributed by atoms with Crippen LogP contribution in [0.3, 0.4) is 0 Å². The quantitative estimate of drug-likeness (QED) is 0.309. The standard InChI is InChI=1S/C17H22N4O5S/c1-3-10-26-15(24)9-8-14(23)19-17(27)21-20-16(25)12-4-6-13(7-5-12)18-11(2)22/h4-7H,3,8-10H2,1-2H3,(H,18,22)(H,20,25)(H2,19,21,23,27). The van der Waals surface area contributed by atoms with Crippen LogP contribution in [0.1, 0.15) is 43.5 Å². The van der Waals surface area contributed by atoms with Crippen molar-refractivity contribution in [3.8, 4) is 0 Å². The molecule has 0 unspecified atom stereocenters. The summed E-state index contributed by atoms with van der Waals surface area (Å²) >= 11 is 4.90. The van der Waals surface area contributed by atoms with Crippen molar-refractivity contribution in [1.29, 1.82) is 0 Å². The smallest absolute Gasteiger partial charge is 0.306 e. The second-order valence-electron chi connectivity index (χ2n) is 5.44. The van der Waals surface area contributed by atoms with Crippen molar-refractivity contribution in [3.63, 3.8) is 0 Å². The molecular weight excluding hydrogens is 372 g/mol. The minimum absolute atomic E-state index is 0.0541. The van der Waals surface area contributed by atoms with Gasteiger partial charge in [0.1, 0.15) is 0 Å². The number of hydrogen-bond acceptors (Lipinski definition) is 6. The third-order valence-corrected chi connectivity index (χ3v) is 3.24. The minimum Gasteiger partial charge on any atom is -0.466 e. The largest absolute Gasteiger partial charge is 0.466 e. The molecule has 0 radical (unpaired) electrons. The summed E-state index contributed by atoms with van der Waals surface area (Å²) in [7, 11) is 0. The molecule has 146 valence electrons. The number of anilines is 1. The minimum atomic E-state index is -0.482. The van der Waals surface area contributed by atoms with Crippen LogP contribution >= 0.6 is 12.2 Å². The predicted octanol–water partition coefficient (Wildman–Crippen LogP) is 1.01. The van der Waals surface area contributed by atoms with Crippen LogP contribution in [0, 0.1) is 0 Å². The van der Waals surface area contributed by atoms with E-state index in [1.165, 1.54) is 19.1 Å². The van der Waals surface area contributed by atoms with Gasteiger partial charge in [0.2, 0.25) is 11.8 Å². The molecule has 0 bridgehead atoms. The Morgan fingerprint density at radius 3 is 2.30 bits per heavy atom. The van der Waals surface area contributed by atoms with E-state index in [2.05, 4.69) is 21.5 Å². The normalized spacial score (nSPS) is 9.70. The molecule has 1 aromatic carbocycles. The third kappa shape index (κ3) is 9.31. The van der Waals surface area contributed by atoms with Crippen LogP contribution in [0.2, 0.25) is 0 Å². The first-order valence-corrected chi connectivity index (χ1v) is 8.66. The molecule has 0 spiro atoms. The van der Waals surface area contributed by atoms with Crippen molar-refractivity contribution in [2.75, 3.05) is 11.9 Å². The summed E-state index contributed by atoms with van der Waals surface area (Å²) in [6.07, 6.45) is 0.575. The fourth-order valence-electron chi connectivity index (χ4n) is 1.82. The molecule has 0 aliphatic rings. The van der Waals surface area contributed by atoms with Gasteiger partial charge < -0.3 is 15.4 Å². The van der Waals surface area contributed by atoms with Gasteiger partial charge >= 0.3 is 5.97 Å². The zero-order valence-corrected chi connectivity index (χ0v) is 15.9. The molecule has 0 saturated heterocycles. The van der Waals surface area contributed by atoms with Gasteiger partial charge in [-0.3, -0.25) is 30.0 Å². The van der Waals surface area contributed by atoms with Gasteiger partial charge in [-0.15, -0.1) is 0 Å². The number of carbonyl (C=O) groups excluding carboxylic acids is 4. The first kappa shape index (κ1) is 22.0. The maximum Gasteiger partial charge on any atom is 0.306 e. The van der Waals surface area contributed by atoms with Crippen LogP contribution in [0.25, 0.3) is 0 Å². The molecule has 0 aliphatic heterocycles. The van der Waals surface area contributed by atoms with Crippen molar-refractivity contribution in [1.82, 2.24) is 16.2 Å². The van der Waals surface area contributed by atoms with E-state index in [0.717, 1.165) is 0 Å². The van der Waals surface area contributed by atoms with E-state index in [-0.39, 0.29) is 23.9 Å². The zero-order valence-electron chi connectivity index (χ0n) is 15.1. The molecule has 0 aliphatic carbocycles. The van der Waals surface area contributed by atoms with Gasteiger partial charge in [-0.05, 0) is 42.9 Å². The second kappa shape index (κ2) is 11.6. The highest BCUT2D eigenvalue weighted by molar-refractivity contribution is 7.80. The molecule has 10 heteroatoms. The van der Waals surface area contributed by atoms with Crippen molar-refractivity contribution in [3.05, 3.63) is 29.8 Å². The number of amides is 3. The zero-order chi connectivity index (χ0) is 20.2. The Morgan fingerprint density at radius 1 is 1.04 bits per heavy atom. The Kier molecular flexibility index (Phi) is 9.45. The summed E-state index contributed by atoms with van der Waals surface area (Å²) in [5, 5.41) is 4.82. The Hall–Kier alpha value is -3.01. The lowest BCUT2D eigenvalue weighted by molar-refractivity contribution is -0.144. The molecule has 0 fully saturated rings. The number of rotatable bonds is 7. The lowest BCUT2D eigenvalue weighted by Crippen LogP contribution is -2.48. The number of hydrazine groups is 1. The Balaban J connectivity index is 2.34. The summed E-state index contributed by atoms with van der Waals surface area (Å²) in [6, 6.07) is 6.19. The van der Waals surface area contributed by atoms with Crippen LogP contribution < -0.4 is 21.5 Å². The third-order valence-electron chi connectivity index (χ3n) is 3.03. The molecule has 27 heavy (non-hydrogen) atoms. The highest BCUT2D eigenvalue weighted by Crippen LogP contribution is 2.09. The maximum atomic E-state index is 12.0. The van der Waals surface area contributed by atoms with Gasteiger partial charge in [0.05, 0.1) is 13.0 Å². The summed E-state index contributed by atoms with van der Waals surface area (Å²) in [5.41, 5.74) is 5.61. The van der Waals surface area contributed by atoms with Crippen LogP contribution in [0.5, 0.6) is 0 Å². The van der Waals surface area contributed by atoms with Crippen LogP contribution in [0.4, 0.5) is 5.69 Å². The van der Waals surface area contributed by atoms with E-state index in [1.807, 2.05) is 6.92 Å². The maximum absolute atomic E-state index is 12.0. The monoisotopic (exact) mass is 394 g/mol. The van der Waals surface area contributed by atoms with Gasteiger partial charge in [0.25, 0.3) is 5.91 Å². The van der Waals surface area contributed by atoms with Crippen LogP contribution in [-0.2, 0) is 19.1 Å². The van der Waals surface area contributed by atoms with E-state index < -0.39 is 17.8 Å². The lowest BCUT2D eigenvalue weighted by atomic mass is 10.2. The molecule has 0 heterocycles. The van der Waals surface area contributed by atoms with E-state index in [0.29, 0.717) is 24.3 Å². The molecule has 1 rings (SSSR count). The number of ether oxygens (including phenoxy) is 1. The first-order valence-electron chi connectivity index (χ1n) is 8.25. The highest BCUT2D eigenvalue weighted by Gasteiger charge is 2.10. The molecule has 1 aromatic rings. The Morgan fingerprint density at radius 2 is 1.70 bits per heavy atom. The highest BCUT2D eigenvalue weighted by atomic mass is 32.1. The number of hydrogen-bond donors (Lipinski definition) is 4. The van der Waals surface area contributed by atoms with E-state index >= 15 is 0 Å². The predicted molar refractivity (Wildman–Crippen MR) is 103 cm³/mol. The van der Waals surface area contributed by atoms with Gasteiger partial charge in [0, 0.05) is 24.6 Å². The summed E-state index contributed by atoms with van der Waals surface area (Å²) in [5.74, 6) is -1.63. The first-order chi connectivity index (χ1) is 12.8. The number of thiocarbonyl (C=S) groups is 1. The molecule has 3 amide bonds. The molecule has 4 N–H and O–H groups in total. The molecular formula is C17H22N4O5S. The topological polar surface area (TPSA) is 126 Å². The molecule has 0 saturated carbocycles. The Labute approximate surface area is 162 Å². The average Bonchev–Trinajstić information content (AvgIpc) is 2.62. The number of carbonyl (C=O) groups is 4. The van der Waals surface area contributed by atoms with Crippen molar-refractivity contribution >= 4 is 46.7 Å². The van der Waals surface area contributed by atoms with Crippen molar-refractivity contribution < 1.29 is 23.9 Å². The lowest BCUT2D eigenvalue weighted by Gasteiger charge is -2.11. The summed E-state index contributed by atoms with van der Waals surface area (Å²) < 4.78 is 4.86. The van der Waals surface area contributed by atoms with Gasteiger partial charge in [0.15, 0.2) is 5.11 Å². The summed E-state index contributed by atoms with van der Waals surface area (Å²) in [6.45, 7) is 3.57. The van der Waals surface area contributed by atoms with Crippen LogP contribution in [0.15, 0.2) is 24.3 Å².